The number of para-hydroxylation sites is 2. The van der Waals surface area contributed by atoms with Crippen molar-refractivity contribution in [3.8, 4) is 157 Å². The van der Waals surface area contributed by atoms with Gasteiger partial charge in [0.1, 0.15) is 22.3 Å². The van der Waals surface area contributed by atoms with Crippen LogP contribution in [0.4, 0.5) is 0 Å². The third kappa shape index (κ3) is 13.7. The number of fused-ring (bicyclic) bond motifs is 12. The molecule has 0 aliphatic heterocycles. The van der Waals surface area contributed by atoms with Crippen molar-refractivity contribution in [1.82, 2.24) is 29.9 Å². The molecular weight excluding hydrogens is 1550 g/mol. The first-order valence-corrected chi connectivity index (χ1v) is 43.1. The van der Waals surface area contributed by atoms with Gasteiger partial charge in [0.2, 0.25) is 0 Å². The Morgan fingerprint density at radius 2 is 0.363 bits per heavy atom. The molecule has 24 rings (SSSR count). The maximum atomic E-state index is 6.30. The zero-order valence-corrected chi connectivity index (χ0v) is 68.4. The van der Waals surface area contributed by atoms with E-state index in [0.717, 1.165) is 144 Å². The maximum Gasteiger partial charge on any atom is 0.164 e. The summed E-state index contributed by atoms with van der Waals surface area (Å²) in [5.41, 5.74) is 26.9. The number of rotatable bonds is 14. The summed E-state index contributed by atoms with van der Waals surface area (Å²) in [6.07, 6.45) is 0. The second-order valence-electron chi connectivity index (χ2n) is 31.1. The van der Waals surface area contributed by atoms with Gasteiger partial charge in [0.25, 0.3) is 0 Å². The largest absolute Gasteiger partial charge is 0.456 e. The van der Waals surface area contributed by atoms with Crippen LogP contribution < -0.4 is 0 Å². The number of furan rings is 2. The van der Waals surface area contributed by atoms with Crippen molar-refractivity contribution in [3.63, 3.8) is 0 Å². The van der Waals surface area contributed by atoms with Gasteiger partial charge in [0, 0.05) is 95.3 Å². The molecule has 0 radical (unpaired) electrons. The molecule has 0 saturated heterocycles. The van der Waals surface area contributed by atoms with E-state index in [4.69, 9.17) is 38.7 Å². The highest BCUT2D eigenvalue weighted by atomic mass is 32.1. The zero-order chi connectivity index (χ0) is 82.0. The lowest BCUT2D eigenvalue weighted by Gasteiger charge is -2.14. The molecule has 0 amide bonds. The molecule has 0 aliphatic carbocycles. The molecular formula is C114H70N6O2S2. The predicted octanol–water partition coefficient (Wildman–Crippen LogP) is 31.6. The molecule has 0 bridgehead atoms. The summed E-state index contributed by atoms with van der Waals surface area (Å²) in [6.45, 7) is 0. The topological polar surface area (TPSA) is 104 Å². The molecule has 0 fully saturated rings. The van der Waals surface area contributed by atoms with Gasteiger partial charge >= 0.3 is 0 Å². The summed E-state index contributed by atoms with van der Waals surface area (Å²) in [7, 11) is 0. The SMILES string of the molecule is c1ccc(-c2nc(-c3ccccc3)nc(-c3cc(-c4cccc(-c5cccc6oc7ccccc7c56)c4)cc(-c4cccc(-c5cccc6oc7ccccc7c56)c4)c3)n2)cc1.c1ccc(-c2nc(-c3ccccc3)nc(-c3cc(-c4cccc(-c5cccc6sc7ccccc7c56)c4)cc(-c4cccc(-c5cccc6sc7ccccc7c56)c4)c3)n2)cc1. The molecule has 0 aliphatic rings. The van der Waals surface area contributed by atoms with Crippen molar-refractivity contribution < 1.29 is 8.83 Å². The van der Waals surface area contributed by atoms with Crippen LogP contribution in [-0.4, -0.2) is 29.9 Å². The van der Waals surface area contributed by atoms with Gasteiger partial charge < -0.3 is 8.83 Å². The molecule has 24 aromatic rings. The van der Waals surface area contributed by atoms with Gasteiger partial charge in [-0.2, -0.15) is 0 Å². The van der Waals surface area contributed by atoms with Crippen molar-refractivity contribution in [2.45, 2.75) is 0 Å². The molecule has 10 heteroatoms. The normalized spacial score (nSPS) is 11.5. The molecule has 6 heterocycles. The highest BCUT2D eigenvalue weighted by Crippen LogP contribution is 2.47. The van der Waals surface area contributed by atoms with Crippen LogP contribution >= 0.6 is 22.7 Å². The molecule has 8 nitrogen and oxygen atoms in total. The monoisotopic (exact) mass is 1620 g/mol. The van der Waals surface area contributed by atoms with Crippen LogP contribution in [0.5, 0.6) is 0 Å². The Morgan fingerprint density at radius 1 is 0.145 bits per heavy atom. The third-order valence-corrected chi connectivity index (χ3v) is 25.7. The first-order chi connectivity index (χ1) is 61.4. The van der Waals surface area contributed by atoms with Crippen LogP contribution in [0, 0.1) is 0 Å². The second kappa shape index (κ2) is 31.3. The Morgan fingerprint density at radius 3 is 0.694 bits per heavy atom. The number of nitrogens with zero attached hydrogens (tertiary/aromatic N) is 6. The Kier molecular flexibility index (Phi) is 18.5. The molecule has 6 aromatic heterocycles. The van der Waals surface area contributed by atoms with Gasteiger partial charge in [-0.3, -0.25) is 0 Å². The fourth-order valence-electron chi connectivity index (χ4n) is 17.6. The van der Waals surface area contributed by atoms with Gasteiger partial charge in [-0.05, 0) is 198 Å². The van der Waals surface area contributed by atoms with Crippen molar-refractivity contribution in [2.75, 3.05) is 0 Å². The summed E-state index contributed by atoms with van der Waals surface area (Å²) in [5.74, 6) is 3.72. The fourth-order valence-corrected chi connectivity index (χ4v) is 19.8. The average molecular weight is 1620 g/mol. The minimum atomic E-state index is 0.595. The lowest BCUT2D eigenvalue weighted by Crippen LogP contribution is -2.00. The van der Waals surface area contributed by atoms with E-state index in [1.165, 1.54) is 62.6 Å². The number of thiophene rings is 2. The van der Waals surface area contributed by atoms with Crippen molar-refractivity contribution in [3.05, 3.63) is 425 Å². The van der Waals surface area contributed by atoms with Crippen LogP contribution in [0.2, 0.25) is 0 Å². The lowest BCUT2D eigenvalue weighted by atomic mass is 9.91. The van der Waals surface area contributed by atoms with E-state index in [0.29, 0.717) is 34.9 Å². The predicted molar refractivity (Wildman–Crippen MR) is 516 cm³/mol. The molecule has 0 saturated carbocycles. The van der Waals surface area contributed by atoms with E-state index < -0.39 is 0 Å². The highest BCUT2D eigenvalue weighted by Gasteiger charge is 2.23. The lowest BCUT2D eigenvalue weighted by molar-refractivity contribution is 0.668. The zero-order valence-electron chi connectivity index (χ0n) is 66.7. The molecule has 0 spiro atoms. The van der Waals surface area contributed by atoms with Crippen molar-refractivity contribution >= 4 is 107 Å². The van der Waals surface area contributed by atoms with E-state index in [1.807, 2.05) is 156 Å². The summed E-state index contributed by atoms with van der Waals surface area (Å²) in [5, 5.41) is 9.62. The summed E-state index contributed by atoms with van der Waals surface area (Å²) in [4.78, 5) is 30.7. The molecule has 0 unspecified atom stereocenters. The second-order valence-corrected chi connectivity index (χ2v) is 33.3. The standard InChI is InChI=1S/C57H35N3O2.C57H35N3S2/c2*1-3-15-36(16-4-1)55-58-56(37-17-5-2-6-18-37)60-57(59-55)44-34-42(38-19-11-21-40(31-38)45-25-13-29-51-53(45)47-23-7-9-27-49(47)61-51)33-43(35-44)39-20-12-22-41(32-39)46-26-14-30-52-54(46)48-24-8-10-28-50(48)62-52/h2*1-35H. The van der Waals surface area contributed by atoms with E-state index in [2.05, 4.69) is 291 Å². The Hall–Kier alpha value is -16.0. The van der Waals surface area contributed by atoms with E-state index in [9.17, 15) is 0 Å². The summed E-state index contributed by atoms with van der Waals surface area (Å²) < 4.78 is 17.8. The van der Waals surface area contributed by atoms with E-state index in [1.54, 1.807) is 0 Å². The van der Waals surface area contributed by atoms with E-state index in [-0.39, 0.29) is 0 Å². The maximum absolute atomic E-state index is 6.30. The van der Waals surface area contributed by atoms with Gasteiger partial charge in [-0.25, -0.2) is 29.9 Å². The number of aromatic nitrogens is 6. The Balaban J connectivity index is 0.000000143. The van der Waals surface area contributed by atoms with Crippen LogP contribution in [0.1, 0.15) is 0 Å². The minimum absolute atomic E-state index is 0.595. The number of benzene rings is 18. The summed E-state index contributed by atoms with van der Waals surface area (Å²) in [6, 6.07) is 149. The van der Waals surface area contributed by atoms with Crippen LogP contribution in [0.3, 0.4) is 0 Å². The van der Waals surface area contributed by atoms with Gasteiger partial charge in [-0.1, -0.05) is 315 Å². The fraction of sp³-hybridized carbons (Fsp3) is 0. The van der Waals surface area contributed by atoms with Crippen molar-refractivity contribution in [1.29, 1.82) is 0 Å². The molecule has 124 heavy (non-hydrogen) atoms. The molecule has 18 aromatic carbocycles. The first-order valence-electron chi connectivity index (χ1n) is 41.5. The average Bonchev–Trinajstić information content (AvgIpc) is 1.60. The quantitative estimate of drug-likeness (QED) is 0.106. The Labute approximate surface area is 722 Å². The number of hydrogen-bond acceptors (Lipinski definition) is 10. The molecule has 580 valence electrons. The van der Waals surface area contributed by atoms with Crippen molar-refractivity contribution in [2.24, 2.45) is 0 Å². The smallest absolute Gasteiger partial charge is 0.164 e. The Bertz CT molecular complexity index is 7310. The number of hydrogen-bond donors (Lipinski definition) is 0. The minimum Gasteiger partial charge on any atom is -0.456 e. The van der Waals surface area contributed by atoms with Gasteiger partial charge in [0.15, 0.2) is 34.9 Å². The first kappa shape index (κ1) is 73.2. The van der Waals surface area contributed by atoms with Gasteiger partial charge in [-0.15, -0.1) is 22.7 Å². The van der Waals surface area contributed by atoms with E-state index >= 15 is 0 Å². The van der Waals surface area contributed by atoms with Gasteiger partial charge in [0.05, 0.1) is 0 Å². The summed E-state index contributed by atoms with van der Waals surface area (Å²) >= 11 is 3.70. The van der Waals surface area contributed by atoms with Crippen LogP contribution in [0.15, 0.2) is 433 Å². The molecule has 0 N–H and O–H groups in total. The highest BCUT2D eigenvalue weighted by molar-refractivity contribution is 7.26. The third-order valence-electron chi connectivity index (χ3n) is 23.4. The van der Waals surface area contributed by atoms with Crippen LogP contribution in [0.25, 0.3) is 242 Å². The molecule has 0 atom stereocenters. The van der Waals surface area contributed by atoms with Crippen LogP contribution in [-0.2, 0) is 0 Å².